The van der Waals surface area contributed by atoms with Crippen LogP contribution < -0.4 is 5.32 Å². The quantitative estimate of drug-likeness (QED) is 0.855. The zero-order valence-electron chi connectivity index (χ0n) is 13.1. The van der Waals surface area contributed by atoms with Crippen molar-refractivity contribution in [3.8, 4) is 5.69 Å². The van der Waals surface area contributed by atoms with Crippen molar-refractivity contribution in [1.82, 2.24) is 25.1 Å². The predicted molar refractivity (Wildman–Crippen MR) is 82.3 cm³/mol. The first-order valence-corrected chi connectivity index (χ1v) is 6.97. The van der Waals surface area contributed by atoms with Gasteiger partial charge >= 0.3 is 12.0 Å². The molecule has 2 amide bonds. The number of aromatic nitrogens is 4. The molecule has 0 aliphatic rings. The zero-order chi connectivity index (χ0) is 17.0. The van der Waals surface area contributed by atoms with Crippen LogP contribution in [0, 0.1) is 12.8 Å². The minimum absolute atomic E-state index is 0.118. The molecule has 2 N–H and O–H groups in total. The second-order valence-corrected chi connectivity index (χ2v) is 5.31. The van der Waals surface area contributed by atoms with Crippen LogP contribution in [0.2, 0.25) is 0 Å². The lowest BCUT2D eigenvalue weighted by Gasteiger charge is -2.20. The van der Waals surface area contributed by atoms with E-state index in [1.807, 2.05) is 13.0 Å². The van der Waals surface area contributed by atoms with Crippen LogP contribution in [0.25, 0.3) is 5.69 Å². The van der Waals surface area contributed by atoms with E-state index in [1.165, 1.54) is 15.9 Å². The van der Waals surface area contributed by atoms with Crippen LogP contribution in [0.5, 0.6) is 0 Å². The molecule has 0 spiro atoms. The maximum absolute atomic E-state index is 12.1. The summed E-state index contributed by atoms with van der Waals surface area (Å²) in [6.07, 6.45) is 1.47. The number of aliphatic carboxylic acids is 1. The van der Waals surface area contributed by atoms with Crippen LogP contribution in [0.3, 0.4) is 0 Å². The molecule has 122 valence electrons. The molecule has 9 nitrogen and oxygen atoms in total. The Morgan fingerprint density at radius 3 is 2.78 bits per heavy atom. The van der Waals surface area contributed by atoms with E-state index in [0.717, 1.165) is 11.3 Å². The van der Waals surface area contributed by atoms with Gasteiger partial charge in [-0.05, 0) is 35.0 Å². The van der Waals surface area contributed by atoms with Crippen LogP contribution in [0.4, 0.5) is 10.5 Å². The summed E-state index contributed by atoms with van der Waals surface area (Å²) in [4.78, 5) is 24.3. The Bertz CT molecular complexity index is 701. The van der Waals surface area contributed by atoms with Crippen LogP contribution in [-0.4, -0.2) is 55.8 Å². The number of carbonyl (C=O) groups excluding carboxylic acids is 1. The molecule has 0 fully saturated rings. The normalized spacial score (nSPS) is 11.8. The highest BCUT2D eigenvalue weighted by atomic mass is 16.4. The molecule has 9 heteroatoms. The molecular formula is C14H18N6O3. The fourth-order valence-electron chi connectivity index (χ4n) is 2.00. The Kier molecular flexibility index (Phi) is 4.89. The third kappa shape index (κ3) is 4.02. The van der Waals surface area contributed by atoms with Gasteiger partial charge in [-0.15, -0.1) is 5.10 Å². The molecule has 0 saturated heterocycles. The van der Waals surface area contributed by atoms with E-state index in [2.05, 4.69) is 20.8 Å². The average molecular weight is 318 g/mol. The summed E-state index contributed by atoms with van der Waals surface area (Å²) in [6, 6.07) is 4.96. The Labute approximate surface area is 132 Å². The van der Waals surface area contributed by atoms with Crippen molar-refractivity contribution in [3.63, 3.8) is 0 Å². The molecule has 0 bridgehead atoms. The minimum atomic E-state index is -0.944. The van der Waals surface area contributed by atoms with Gasteiger partial charge in [0.05, 0.1) is 11.6 Å². The summed E-state index contributed by atoms with van der Waals surface area (Å²) in [5, 5.41) is 22.6. The lowest BCUT2D eigenvalue weighted by molar-refractivity contribution is -0.141. The van der Waals surface area contributed by atoms with Crippen LogP contribution in [0.15, 0.2) is 24.5 Å². The molecule has 2 aromatic rings. The van der Waals surface area contributed by atoms with E-state index in [1.54, 1.807) is 26.1 Å². The summed E-state index contributed by atoms with van der Waals surface area (Å²) < 4.78 is 1.50. The number of anilines is 1. The molecule has 1 atom stereocenters. The van der Waals surface area contributed by atoms with Gasteiger partial charge in [-0.1, -0.05) is 13.0 Å². The molecule has 0 radical (unpaired) electrons. The van der Waals surface area contributed by atoms with Gasteiger partial charge in [0.25, 0.3) is 0 Å². The maximum atomic E-state index is 12.1. The first-order valence-electron chi connectivity index (χ1n) is 6.97. The van der Waals surface area contributed by atoms with E-state index in [4.69, 9.17) is 5.11 Å². The first-order chi connectivity index (χ1) is 10.9. The standard InChI is InChI=1S/C14H18N6O3/c1-9-4-5-11(6-12(9)20-8-15-17-18-20)16-14(23)19(3)7-10(2)13(21)22/h4-6,8,10H,7H2,1-3H3,(H,16,23)(H,21,22). The molecule has 1 heterocycles. The number of carbonyl (C=O) groups is 2. The molecule has 1 aromatic carbocycles. The molecule has 0 aliphatic carbocycles. The number of tetrazole rings is 1. The smallest absolute Gasteiger partial charge is 0.321 e. The number of urea groups is 1. The minimum Gasteiger partial charge on any atom is -0.481 e. The third-order valence-corrected chi connectivity index (χ3v) is 3.37. The van der Waals surface area contributed by atoms with E-state index in [-0.39, 0.29) is 12.6 Å². The van der Waals surface area contributed by atoms with Gasteiger partial charge in [0, 0.05) is 19.3 Å². The predicted octanol–water partition coefficient (Wildman–Crippen LogP) is 1.16. The Morgan fingerprint density at radius 2 is 2.17 bits per heavy atom. The van der Waals surface area contributed by atoms with Crippen LogP contribution in [-0.2, 0) is 4.79 Å². The zero-order valence-corrected chi connectivity index (χ0v) is 13.1. The van der Waals surface area contributed by atoms with Crippen molar-refractivity contribution in [3.05, 3.63) is 30.1 Å². The van der Waals surface area contributed by atoms with Crippen molar-refractivity contribution in [2.45, 2.75) is 13.8 Å². The highest BCUT2D eigenvalue weighted by Crippen LogP contribution is 2.18. The van der Waals surface area contributed by atoms with Gasteiger partial charge in [0.2, 0.25) is 0 Å². The lowest BCUT2D eigenvalue weighted by atomic mass is 10.1. The van der Waals surface area contributed by atoms with Crippen molar-refractivity contribution < 1.29 is 14.7 Å². The van der Waals surface area contributed by atoms with Crippen molar-refractivity contribution in [2.75, 3.05) is 18.9 Å². The SMILES string of the molecule is Cc1ccc(NC(=O)N(C)CC(C)C(=O)O)cc1-n1cnnn1. The van der Waals surface area contributed by atoms with Crippen molar-refractivity contribution in [1.29, 1.82) is 0 Å². The molecular weight excluding hydrogens is 300 g/mol. The Morgan fingerprint density at radius 1 is 1.43 bits per heavy atom. The topological polar surface area (TPSA) is 113 Å². The van der Waals surface area contributed by atoms with E-state index in [9.17, 15) is 9.59 Å². The fourth-order valence-corrected chi connectivity index (χ4v) is 2.00. The summed E-state index contributed by atoms with van der Waals surface area (Å²) in [5.41, 5.74) is 2.26. The van der Waals surface area contributed by atoms with Crippen LogP contribution in [0.1, 0.15) is 12.5 Å². The number of hydrogen-bond acceptors (Lipinski definition) is 5. The van der Waals surface area contributed by atoms with Crippen molar-refractivity contribution in [2.24, 2.45) is 5.92 Å². The molecule has 1 unspecified atom stereocenters. The summed E-state index contributed by atoms with van der Waals surface area (Å²) >= 11 is 0. The highest BCUT2D eigenvalue weighted by Gasteiger charge is 2.17. The van der Waals surface area contributed by atoms with Gasteiger partial charge in [-0.3, -0.25) is 4.79 Å². The Balaban J connectivity index is 2.10. The van der Waals surface area contributed by atoms with Gasteiger partial charge in [-0.25, -0.2) is 9.48 Å². The third-order valence-electron chi connectivity index (χ3n) is 3.37. The van der Waals surface area contributed by atoms with Crippen molar-refractivity contribution >= 4 is 17.7 Å². The van der Waals surface area contributed by atoms with Gasteiger partial charge < -0.3 is 15.3 Å². The lowest BCUT2D eigenvalue weighted by Crippen LogP contribution is -2.36. The van der Waals surface area contributed by atoms with Gasteiger partial charge in [-0.2, -0.15) is 0 Å². The van der Waals surface area contributed by atoms with E-state index in [0.29, 0.717) is 5.69 Å². The molecule has 1 aromatic heterocycles. The number of hydrogen-bond donors (Lipinski definition) is 2. The fraction of sp³-hybridized carbons (Fsp3) is 0.357. The van der Waals surface area contributed by atoms with Gasteiger partial charge in [0.1, 0.15) is 6.33 Å². The number of benzene rings is 1. The number of carboxylic acid groups (broad SMARTS) is 1. The number of amides is 2. The number of nitrogens with zero attached hydrogens (tertiary/aromatic N) is 5. The summed E-state index contributed by atoms with van der Waals surface area (Å²) in [5.74, 6) is -1.58. The molecule has 23 heavy (non-hydrogen) atoms. The Hall–Kier alpha value is -2.97. The number of rotatable bonds is 5. The summed E-state index contributed by atoms with van der Waals surface area (Å²) in [6.45, 7) is 3.57. The molecule has 0 aliphatic heterocycles. The maximum Gasteiger partial charge on any atom is 0.321 e. The van der Waals surface area contributed by atoms with Crippen LogP contribution >= 0.6 is 0 Å². The number of aryl methyl sites for hydroxylation is 1. The second-order valence-electron chi connectivity index (χ2n) is 5.31. The molecule has 0 saturated carbocycles. The molecule has 2 rings (SSSR count). The first kappa shape index (κ1) is 16.4. The largest absolute Gasteiger partial charge is 0.481 e. The van der Waals surface area contributed by atoms with E-state index < -0.39 is 11.9 Å². The van der Waals surface area contributed by atoms with Gasteiger partial charge in [0.15, 0.2) is 0 Å². The van der Waals surface area contributed by atoms with E-state index >= 15 is 0 Å². The average Bonchev–Trinajstić information content (AvgIpc) is 3.02. The monoisotopic (exact) mass is 318 g/mol. The number of carboxylic acids is 1. The summed E-state index contributed by atoms with van der Waals surface area (Å²) in [7, 11) is 1.55. The number of nitrogens with one attached hydrogen (secondary N) is 1. The second kappa shape index (κ2) is 6.86. The highest BCUT2D eigenvalue weighted by molar-refractivity contribution is 5.89.